The summed E-state index contributed by atoms with van der Waals surface area (Å²) in [6.07, 6.45) is 5.12. The number of rotatable bonds is 6. The number of carbonyl (C=O) groups is 1. The topological polar surface area (TPSA) is 63.6 Å². The second-order valence-corrected chi connectivity index (χ2v) is 6.93. The molecule has 0 fully saturated rings. The zero-order valence-corrected chi connectivity index (χ0v) is 15.8. The lowest BCUT2D eigenvalue weighted by molar-refractivity contribution is -0.116. The van der Waals surface area contributed by atoms with Gasteiger partial charge in [-0.05, 0) is 60.5 Å². The normalized spacial score (nSPS) is 12.2. The molecule has 4 rings (SSSR count). The van der Waals surface area contributed by atoms with E-state index in [-0.39, 0.29) is 5.91 Å². The summed E-state index contributed by atoms with van der Waals surface area (Å²) in [6.45, 7) is 0. The minimum atomic E-state index is -0.0439. The molecule has 0 spiro atoms. The maximum Gasteiger partial charge on any atom is 0.224 e. The molecule has 0 saturated carbocycles. The Morgan fingerprint density at radius 1 is 1.11 bits per heavy atom. The van der Waals surface area contributed by atoms with E-state index in [4.69, 9.17) is 16.3 Å². The van der Waals surface area contributed by atoms with Crippen molar-refractivity contribution in [3.05, 3.63) is 77.6 Å². The van der Waals surface area contributed by atoms with E-state index in [1.807, 2.05) is 54.6 Å². The summed E-state index contributed by atoms with van der Waals surface area (Å²) >= 11 is 6.00. The van der Waals surface area contributed by atoms with E-state index >= 15 is 0 Å². The van der Waals surface area contributed by atoms with Gasteiger partial charge in [0.2, 0.25) is 5.91 Å². The van der Waals surface area contributed by atoms with Crippen molar-refractivity contribution < 1.29 is 9.53 Å². The van der Waals surface area contributed by atoms with Gasteiger partial charge in [0, 0.05) is 35.5 Å². The van der Waals surface area contributed by atoms with Gasteiger partial charge in [0.1, 0.15) is 11.5 Å². The molecule has 0 aliphatic carbocycles. The average Bonchev–Trinajstić information content (AvgIpc) is 3.11. The lowest BCUT2D eigenvalue weighted by Crippen LogP contribution is -2.13. The van der Waals surface area contributed by atoms with Crippen LogP contribution in [0.2, 0.25) is 5.02 Å². The van der Waals surface area contributed by atoms with Gasteiger partial charge < -0.3 is 10.1 Å². The van der Waals surface area contributed by atoms with Crippen molar-refractivity contribution in [1.29, 1.82) is 0 Å². The van der Waals surface area contributed by atoms with Crippen molar-refractivity contribution in [3.63, 3.8) is 0 Å². The summed E-state index contributed by atoms with van der Waals surface area (Å²) in [4.78, 5) is 20.8. The van der Waals surface area contributed by atoms with E-state index in [0.717, 1.165) is 29.1 Å². The molecule has 2 heterocycles. The van der Waals surface area contributed by atoms with Gasteiger partial charge in [-0.25, -0.2) is 0 Å². The molecule has 0 atom stereocenters. The Hall–Kier alpha value is -3.18. The fraction of sp³-hybridized carbons (Fsp3) is 0.136. The number of fused-ring (bicyclic) bond motifs is 1. The van der Waals surface area contributed by atoms with Crippen molar-refractivity contribution in [1.82, 2.24) is 4.98 Å². The van der Waals surface area contributed by atoms with Gasteiger partial charge in [0.05, 0.1) is 11.9 Å². The summed E-state index contributed by atoms with van der Waals surface area (Å²) in [7, 11) is 0. The second kappa shape index (κ2) is 8.23. The maximum atomic E-state index is 12.2. The number of ether oxygens (including phenoxy) is 1. The third-order valence-corrected chi connectivity index (χ3v) is 4.60. The maximum absolute atomic E-state index is 12.2. The highest BCUT2D eigenvalue weighted by atomic mass is 35.5. The molecule has 1 N–H and O–H groups in total. The van der Waals surface area contributed by atoms with E-state index < -0.39 is 0 Å². The van der Waals surface area contributed by atoms with Gasteiger partial charge in [-0.2, -0.15) is 0 Å². The number of halogens is 1. The molecule has 2 aromatic carbocycles. The lowest BCUT2D eigenvalue weighted by atomic mass is 10.1. The minimum Gasteiger partial charge on any atom is -0.456 e. The van der Waals surface area contributed by atoms with Crippen LogP contribution in [0.15, 0.2) is 72.0 Å². The Balaban J connectivity index is 1.28. The standard InChI is InChI=1S/C22H18ClN3O2/c23-16-4-3-15-12-18(25-21(15)13-16)7-10-22(27)26-17-5-8-19(9-6-17)28-20-2-1-11-24-14-20/h1-6,8-9,11,13-14H,7,10,12H2,(H,26,27). The number of aromatic nitrogens is 1. The minimum absolute atomic E-state index is 0.0439. The van der Waals surface area contributed by atoms with Crippen LogP contribution in [0.4, 0.5) is 11.4 Å². The first-order chi connectivity index (χ1) is 13.7. The van der Waals surface area contributed by atoms with Gasteiger partial charge in [-0.1, -0.05) is 17.7 Å². The summed E-state index contributed by atoms with van der Waals surface area (Å²) in [5, 5.41) is 3.58. The molecule has 28 heavy (non-hydrogen) atoms. The molecule has 140 valence electrons. The average molecular weight is 392 g/mol. The molecule has 0 bridgehead atoms. The molecule has 0 radical (unpaired) electrons. The van der Waals surface area contributed by atoms with E-state index in [0.29, 0.717) is 29.4 Å². The third kappa shape index (κ3) is 4.56. The van der Waals surface area contributed by atoms with Crippen LogP contribution in [0, 0.1) is 0 Å². The van der Waals surface area contributed by atoms with Crippen LogP contribution in [0.5, 0.6) is 11.5 Å². The Bertz CT molecular complexity index is 1020. The van der Waals surface area contributed by atoms with Gasteiger partial charge in [-0.3, -0.25) is 14.8 Å². The van der Waals surface area contributed by atoms with Crippen LogP contribution in [0.25, 0.3) is 0 Å². The largest absolute Gasteiger partial charge is 0.456 e. The molecule has 6 heteroatoms. The molecule has 0 unspecified atom stereocenters. The Labute approximate surface area is 168 Å². The number of pyridine rings is 1. The molecule has 3 aromatic rings. The number of hydrogen-bond donors (Lipinski definition) is 1. The third-order valence-electron chi connectivity index (χ3n) is 4.37. The molecule has 5 nitrogen and oxygen atoms in total. The van der Waals surface area contributed by atoms with Crippen LogP contribution in [0.3, 0.4) is 0 Å². The monoisotopic (exact) mass is 391 g/mol. The summed E-state index contributed by atoms with van der Waals surface area (Å²) in [5.74, 6) is 1.30. The number of hydrogen-bond acceptors (Lipinski definition) is 4. The van der Waals surface area contributed by atoms with Gasteiger partial charge in [0.25, 0.3) is 0 Å². The van der Waals surface area contributed by atoms with E-state index in [1.165, 1.54) is 0 Å². The van der Waals surface area contributed by atoms with Crippen molar-refractivity contribution in [2.75, 3.05) is 5.32 Å². The van der Waals surface area contributed by atoms with Crippen molar-refractivity contribution >= 4 is 34.6 Å². The molecular formula is C22H18ClN3O2. The highest BCUT2D eigenvalue weighted by Gasteiger charge is 2.15. The molecule has 1 aromatic heterocycles. The number of amides is 1. The first-order valence-electron chi connectivity index (χ1n) is 8.98. The van der Waals surface area contributed by atoms with E-state index in [1.54, 1.807) is 12.4 Å². The number of nitrogens with zero attached hydrogens (tertiary/aromatic N) is 2. The highest BCUT2D eigenvalue weighted by molar-refractivity contribution is 6.31. The Morgan fingerprint density at radius 3 is 2.75 bits per heavy atom. The zero-order chi connectivity index (χ0) is 19.3. The molecule has 1 amide bonds. The highest BCUT2D eigenvalue weighted by Crippen LogP contribution is 2.30. The van der Waals surface area contributed by atoms with E-state index in [2.05, 4.69) is 15.3 Å². The van der Waals surface area contributed by atoms with Crippen LogP contribution < -0.4 is 10.1 Å². The number of nitrogens with one attached hydrogen (secondary N) is 1. The van der Waals surface area contributed by atoms with Crippen LogP contribution in [0.1, 0.15) is 18.4 Å². The van der Waals surface area contributed by atoms with E-state index in [9.17, 15) is 4.79 Å². The van der Waals surface area contributed by atoms with Crippen LogP contribution >= 0.6 is 11.6 Å². The Morgan fingerprint density at radius 2 is 1.96 bits per heavy atom. The molecule has 1 aliphatic heterocycles. The first-order valence-corrected chi connectivity index (χ1v) is 9.36. The number of aliphatic imine (C=N–C) groups is 1. The number of anilines is 1. The van der Waals surface area contributed by atoms with Crippen LogP contribution in [-0.2, 0) is 11.2 Å². The molecule has 1 aliphatic rings. The smallest absolute Gasteiger partial charge is 0.224 e. The predicted octanol–water partition coefficient (Wildman–Crippen LogP) is 5.57. The fourth-order valence-corrected chi connectivity index (χ4v) is 3.16. The predicted molar refractivity (Wildman–Crippen MR) is 111 cm³/mol. The first kappa shape index (κ1) is 18.2. The second-order valence-electron chi connectivity index (χ2n) is 6.49. The summed E-state index contributed by atoms with van der Waals surface area (Å²) < 4.78 is 5.69. The van der Waals surface area contributed by atoms with Gasteiger partial charge in [-0.15, -0.1) is 0 Å². The van der Waals surface area contributed by atoms with Crippen LogP contribution in [-0.4, -0.2) is 16.6 Å². The summed E-state index contributed by atoms with van der Waals surface area (Å²) in [6, 6.07) is 16.6. The Kier molecular flexibility index (Phi) is 5.35. The molecule has 0 saturated heterocycles. The zero-order valence-electron chi connectivity index (χ0n) is 15.1. The summed E-state index contributed by atoms with van der Waals surface area (Å²) in [5.41, 5.74) is 3.80. The van der Waals surface area contributed by atoms with Gasteiger partial charge >= 0.3 is 0 Å². The van der Waals surface area contributed by atoms with Crippen molar-refractivity contribution in [2.24, 2.45) is 4.99 Å². The lowest BCUT2D eigenvalue weighted by Gasteiger charge is -2.08. The van der Waals surface area contributed by atoms with Crippen molar-refractivity contribution in [3.8, 4) is 11.5 Å². The van der Waals surface area contributed by atoms with Crippen molar-refractivity contribution in [2.45, 2.75) is 19.3 Å². The quantitative estimate of drug-likeness (QED) is 0.597. The SMILES string of the molecule is O=C(CCC1=Nc2cc(Cl)ccc2C1)Nc1ccc(Oc2cccnc2)cc1. The number of carbonyl (C=O) groups excluding carboxylic acids is 1. The van der Waals surface area contributed by atoms with Gasteiger partial charge in [0.15, 0.2) is 0 Å². The fourth-order valence-electron chi connectivity index (χ4n) is 3.00. The number of benzene rings is 2. The molecular weight excluding hydrogens is 374 g/mol.